The first-order valence-corrected chi connectivity index (χ1v) is 6.32. The molecule has 0 saturated heterocycles. The van der Waals surface area contributed by atoms with Crippen molar-refractivity contribution in [3.63, 3.8) is 0 Å². The van der Waals surface area contributed by atoms with Crippen LogP contribution in [0.4, 0.5) is 0 Å². The summed E-state index contributed by atoms with van der Waals surface area (Å²) in [5.41, 5.74) is 0. The third kappa shape index (κ3) is 7.32. The Morgan fingerprint density at radius 1 is 1.64 bits per heavy atom. The second-order valence-corrected chi connectivity index (χ2v) is 4.81. The first-order valence-electron chi connectivity index (χ1n) is 4.12. The Hall–Kier alpha value is 0.950. The average Bonchev–Trinajstić information content (AvgIpc) is 2.00. The van der Waals surface area contributed by atoms with Crippen LogP contribution in [0.2, 0.25) is 0 Å². The van der Waals surface area contributed by atoms with Gasteiger partial charge < -0.3 is 0 Å². The molecule has 1 atom stereocenters. The average molecular weight is 331 g/mol. The smallest absolute Gasteiger partial charge is 0.0338 e. The van der Waals surface area contributed by atoms with Crippen LogP contribution in [0.5, 0.6) is 0 Å². The standard InChI is InChI=1S/C9H16BrI/c1-3-4-5-8(2)6-9(11)7-10/h6,8H,3-5,7H2,1-2H3/b9-6+/t8-/m1/s1. The van der Waals surface area contributed by atoms with Crippen molar-refractivity contribution in [2.24, 2.45) is 5.92 Å². The van der Waals surface area contributed by atoms with Crippen LogP contribution in [-0.2, 0) is 0 Å². The fourth-order valence-corrected chi connectivity index (χ4v) is 1.76. The highest BCUT2D eigenvalue weighted by Gasteiger charge is 1.97. The van der Waals surface area contributed by atoms with Gasteiger partial charge in [-0.25, -0.2) is 0 Å². The monoisotopic (exact) mass is 330 g/mol. The largest absolute Gasteiger partial charge is 0.0871 e. The number of alkyl halides is 1. The molecule has 0 aromatic rings. The van der Waals surface area contributed by atoms with Gasteiger partial charge in [0.15, 0.2) is 0 Å². The maximum Gasteiger partial charge on any atom is 0.0338 e. The van der Waals surface area contributed by atoms with E-state index in [1.807, 2.05) is 0 Å². The van der Waals surface area contributed by atoms with E-state index in [4.69, 9.17) is 0 Å². The van der Waals surface area contributed by atoms with E-state index < -0.39 is 0 Å². The third-order valence-electron chi connectivity index (χ3n) is 1.61. The highest BCUT2D eigenvalue weighted by atomic mass is 127. The molecule has 0 aliphatic carbocycles. The first-order chi connectivity index (χ1) is 5.20. The molecule has 0 nitrogen and oxygen atoms in total. The van der Waals surface area contributed by atoms with Crippen molar-refractivity contribution in [1.82, 2.24) is 0 Å². The Kier molecular flexibility index (Phi) is 8.25. The minimum absolute atomic E-state index is 0.749. The maximum atomic E-state index is 3.44. The molecular weight excluding hydrogens is 315 g/mol. The van der Waals surface area contributed by atoms with E-state index in [0.717, 1.165) is 11.2 Å². The molecule has 11 heavy (non-hydrogen) atoms. The van der Waals surface area contributed by atoms with Gasteiger partial charge in [-0.3, -0.25) is 0 Å². The molecule has 0 aliphatic heterocycles. The van der Waals surface area contributed by atoms with Gasteiger partial charge in [0.25, 0.3) is 0 Å². The summed E-state index contributed by atoms with van der Waals surface area (Å²) >= 11 is 5.82. The molecule has 66 valence electrons. The summed E-state index contributed by atoms with van der Waals surface area (Å²) in [6.45, 7) is 4.53. The second-order valence-electron chi connectivity index (χ2n) is 2.87. The lowest BCUT2D eigenvalue weighted by Gasteiger charge is -2.04. The van der Waals surface area contributed by atoms with E-state index in [1.165, 1.54) is 22.8 Å². The molecule has 0 spiro atoms. The van der Waals surface area contributed by atoms with Gasteiger partial charge in [-0.05, 0) is 38.5 Å². The van der Waals surface area contributed by atoms with E-state index in [9.17, 15) is 0 Å². The molecule has 0 radical (unpaired) electrons. The van der Waals surface area contributed by atoms with E-state index in [-0.39, 0.29) is 0 Å². The molecule has 0 rings (SSSR count). The van der Waals surface area contributed by atoms with Crippen molar-refractivity contribution in [3.05, 3.63) is 9.66 Å². The van der Waals surface area contributed by atoms with Crippen LogP contribution in [0, 0.1) is 5.92 Å². The highest BCUT2D eigenvalue weighted by molar-refractivity contribution is 14.1. The van der Waals surface area contributed by atoms with Gasteiger partial charge in [-0.15, -0.1) is 0 Å². The summed E-state index contributed by atoms with van der Waals surface area (Å²) in [6, 6.07) is 0. The van der Waals surface area contributed by atoms with Crippen LogP contribution < -0.4 is 0 Å². The number of hydrogen-bond acceptors (Lipinski definition) is 0. The van der Waals surface area contributed by atoms with Gasteiger partial charge in [0, 0.05) is 5.33 Å². The van der Waals surface area contributed by atoms with Crippen LogP contribution in [0.15, 0.2) is 9.66 Å². The zero-order chi connectivity index (χ0) is 8.69. The molecule has 0 heterocycles. The topological polar surface area (TPSA) is 0 Å². The number of allylic oxidation sites excluding steroid dienone is 2. The van der Waals surface area contributed by atoms with E-state index in [2.05, 4.69) is 58.4 Å². The Bertz CT molecular complexity index is 121. The summed E-state index contributed by atoms with van der Waals surface area (Å²) in [5.74, 6) is 0.749. The first kappa shape index (κ1) is 11.9. The summed E-state index contributed by atoms with van der Waals surface area (Å²) in [4.78, 5) is 0. The Morgan fingerprint density at radius 3 is 2.73 bits per heavy atom. The minimum atomic E-state index is 0.749. The predicted octanol–water partition coefficient (Wildman–Crippen LogP) is 4.53. The molecule has 0 amide bonds. The highest BCUT2D eigenvalue weighted by Crippen LogP contribution is 2.16. The Balaban J connectivity index is 3.57. The van der Waals surface area contributed by atoms with Crippen molar-refractivity contribution in [1.29, 1.82) is 0 Å². The van der Waals surface area contributed by atoms with Crippen molar-refractivity contribution >= 4 is 38.5 Å². The van der Waals surface area contributed by atoms with Crippen LogP contribution in [0.3, 0.4) is 0 Å². The quantitative estimate of drug-likeness (QED) is 0.513. The molecule has 0 fully saturated rings. The predicted molar refractivity (Wildman–Crippen MR) is 64.6 cm³/mol. The van der Waals surface area contributed by atoms with Crippen molar-refractivity contribution in [2.75, 3.05) is 5.33 Å². The van der Waals surface area contributed by atoms with Crippen molar-refractivity contribution in [3.8, 4) is 0 Å². The van der Waals surface area contributed by atoms with Crippen LogP contribution in [-0.4, -0.2) is 5.33 Å². The van der Waals surface area contributed by atoms with E-state index >= 15 is 0 Å². The Morgan fingerprint density at radius 2 is 2.27 bits per heavy atom. The van der Waals surface area contributed by atoms with Crippen molar-refractivity contribution in [2.45, 2.75) is 33.1 Å². The summed E-state index contributed by atoms with van der Waals surface area (Å²) in [5, 5.41) is 1.00. The molecule has 0 aliphatic rings. The fraction of sp³-hybridized carbons (Fsp3) is 0.778. The van der Waals surface area contributed by atoms with Gasteiger partial charge in [0.05, 0.1) is 0 Å². The normalized spacial score (nSPS) is 15.1. The molecule has 0 saturated carbocycles. The van der Waals surface area contributed by atoms with Crippen LogP contribution in [0.25, 0.3) is 0 Å². The minimum Gasteiger partial charge on any atom is -0.0871 e. The lowest BCUT2D eigenvalue weighted by molar-refractivity contribution is 0.597. The molecule has 0 N–H and O–H groups in total. The SMILES string of the molecule is CCCC[C@@H](C)/C=C(/I)CBr. The second kappa shape index (κ2) is 7.59. The third-order valence-corrected chi connectivity index (χ3v) is 4.00. The van der Waals surface area contributed by atoms with Gasteiger partial charge in [0.2, 0.25) is 0 Å². The van der Waals surface area contributed by atoms with Gasteiger partial charge >= 0.3 is 0 Å². The molecule has 0 bridgehead atoms. The number of halogens is 2. The summed E-state index contributed by atoms with van der Waals surface area (Å²) < 4.78 is 1.42. The van der Waals surface area contributed by atoms with Gasteiger partial charge in [-0.1, -0.05) is 48.7 Å². The molecule has 0 aromatic carbocycles. The zero-order valence-corrected chi connectivity index (χ0v) is 11.0. The Labute approximate surface area is 92.1 Å². The number of unbranched alkanes of at least 4 members (excludes halogenated alkanes) is 1. The maximum absolute atomic E-state index is 3.44. The molecule has 0 aromatic heterocycles. The lowest BCUT2D eigenvalue weighted by atomic mass is 10.0. The van der Waals surface area contributed by atoms with Gasteiger partial charge in [-0.2, -0.15) is 0 Å². The summed E-state index contributed by atoms with van der Waals surface area (Å²) in [7, 11) is 0. The molecule has 0 unspecified atom stereocenters. The molecule has 2 heteroatoms. The summed E-state index contributed by atoms with van der Waals surface area (Å²) in [6.07, 6.45) is 6.34. The van der Waals surface area contributed by atoms with Gasteiger partial charge in [0.1, 0.15) is 0 Å². The van der Waals surface area contributed by atoms with E-state index in [1.54, 1.807) is 0 Å². The lowest BCUT2D eigenvalue weighted by Crippen LogP contribution is -1.90. The van der Waals surface area contributed by atoms with Crippen LogP contribution in [0.1, 0.15) is 33.1 Å². The van der Waals surface area contributed by atoms with E-state index in [0.29, 0.717) is 0 Å². The zero-order valence-electron chi connectivity index (χ0n) is 7.24. The van der Waals surface area contributed by atoms with Crippen LogP contribution >= 0.6 is 38.5 Å². The molecular formula is C9H16BrI. The number of hydrogen-bond donors (Lipinski definition) is 0. The number of rotatable bonds is 5. The fourth-order valence-electron chi connectivity index (χ4n) is 0.963. The van der Waals surface area contributed by atoms with Crippen molar-refractivity contribution < 1.29 is 0 Å².